The van der Waals surface area contributed by atoms with E-state index >= 15 is 0 Å². The third-order valence-corrected chi connectivity index (χ3v) is 7.61. The molecule has 1 fully saturated rings. The Bertz CT molecular complexity index is 1140. The van der Waals surface area contributed by atoms with Crippen LogP contribution in [0.2, 0.25) is 0 Å². The molecule has 34 heavy (non-hydrogen) atoms. The van der Waals surface area contributed by atoms with Crippen molar-refractivity contribution in [3.8, 4) is 0 Å². The van der Waals surface area contributed by atoms with Gasteiger partial charge in [0.2, 0.25) is 5.91 Å². The van der Waals surface area contributed by atoms with Crippen molar-refractivity contribution in [2.24, 2.45) is 18.9 Å². The maximum Gasteiger partial charge on any atom is 0.356 e. The maximum atomic E-state index is 13.1. The zero-order valence-electron chi connectivity index (χ0n) is 19.1. The number of aliphatic hydroxyl groups excluding tert-OH is 1. The Morgan fingerprint density at radius 1 is 1.35 bits per heavy atom. The first-order valence-corrected chi connectivity index (χ1v) is 11.9. The number of non-ortho nitro benzene ring substituents is 1. The van der Waals surface area contributed by atoms with E-state index in [0.717, 1.165) is 10.7 Å². The van der Waals surface area contributed by atoms with Crippen LogP contribution in [0.1, 0.15) is 25.2 Å². The summed E-state index contributed by atoms with van der Waals surface area (Å²) in [6.45, 7) is 3.47. The van der Waals surface area contributed by atoms with Gasteiger partial charge in [-0.15, -0.1) is 11.8 Å². The first kappa shape index (κ1) is 24.0. The minimum atomic E-state index is -0.814. The van der Waals surface area contributed by atoms with Crippen LogP contribution in [0.3, 0.4) is 0 Å². The zero-order valence-corrected chi connectivity index (χ0v) is 19.9. The van der Waals surface area contributed by atoms with Gasteiger partial charge < -0.3 is 19.3 Å². The number of carbonyl (C=O) groups excluding carboxylic acids is 2. The van der Waals surface area contributed by atoms with Gasteiger partial charge in [0.25, 0.3) is 5.69 Å². The molecule has 4 rings (SSSR count). The minimum Gasteiger partial charge on any atom is -0.456 e. The molecule has 0 bridgehead atoms. The molecule has 2 aliphatic rings. The van der Waals surface area contributed by atoms with Crippen molar-refractivity contribution >= 4 is 29.3 Å². The number of aryl methyl sites for hydroxylation is 2. The Hall–Kier alpha value is -3.18. The van der Waals surface area contributed by atoms with Crippen molar-refractivity contribution < 1.29 is 24.4 Å². The van der Waals surface area contributed by atoms with Gasteiger partial charge in [-0.2, -0.15) is 0 Å². The summed E-state index contributed by atoms with van der Waals surface area (Å²) in [6, 6.07) is 5.47. The molecular formula is C23H26N4O6S. The molecule has 180 valence electrons. The lowest BCUT2D eigenvalue weighted by molar-refractivity contribution is -0.384. The molecule has 2 aliphatic heterocycles. The first-order valence-electron chi connectivity index (χ1n) is 11.0. The number of β-lactam (4-membered cyclic amide) rings is 1. The molecule has 0 aliphatic carbocycles. The molecule has 4 atom stereocenters. The molecule has 1 amide bonds. The molecule has 3 heterocycles. The molecule has 1 aromatic carbocycles. The van der Waals surface area contributed by atoms with Crippen molar-refractivity contribution in [3.05, 3.63) is 68.8 Å². The molecule has 1 N–H and O–H groups in total. The third-order valence-electron chi connectivity index (χ3n) is 6.32. The average Bonchev–Trinajstić information content (AvgIpc) is 3.31. The molecule has 1 saturated heterocycles. The van der Waals surface area contributed by atoms with Gasteiger partial charge in [0.15, 0.2) is 0 Å². The lowest BCUT2D eigenvalue weighted by Gasteiger charge is -2.46. The van der Waals surface area contributed by atoms with E-state index in [-0.39, 0.29) is 35.9 Å². The number of imidazole rings is 1. The number of ether oxygens (including phenoxy) is 1. The summed E-state index contributed by atoms with van der Waals surface area (Å²) in [5, 5.41) is 20.9. The van der Waals surface area contributed by atoms with Gasteiger partial charge in [0.1, 0.15) is 18.1 Å². The fourth-order valence-corrected chi connectivity index (χ4v) is 5.75. The van der Waals surface area contributed by atoms with Crippen LogP contribution < -0.4 is 0 Å². The first-order chi connectivity index (χ1) is 16.2. The second kappa shape index (κ2) is 9.59. The van der Waals surface area contributed by atoms with Crippen LogP contribution >= 0.6 is 11.8 Å². The Kier molecular flexibility index (Phi) is 6.76. The fourth-order valence-electron chi connectivity index (χ4n) is 4.53. The van der Waals surface area contributed by atoms with Crippen LogP contribution in [0.4, 0.5) is 5.69 Å². The summed E-state index contributed by atoms with van der Waals surface area (Å²) in [5.74, 6) is 0.00369. The number of hydrogen-bond acceptors (Lipinski definition) is 8. The number of esters is 1. The van der Waals surface area contributed by atoms with E-state index < -0.39 is 22.9 Å². The van der Waals surface area contributed by atoms with Crippen molar-refractivity contribution in [1.29, 1.82) is 0 Å². The summed E-state index contributed by atoms with van der Waals surface area (Å²) in [7, 11) is 1.92. The molecule has 11 heteroatoms. The van der Waals surface area contributed by atoms with Crippen LogP contribution in [0.15, 0.2) is 47.3 Å². The van der Waals surface area contributed by atoms with Gasteiger partial charge in [-0.3, -0.25) is 14.9 Å². The Labute approximate surface area is 200 Å². The summed E-state index contributed by atoms with van der Waals surface area (Å²) < 4.78 is 7.44. The number of carbonyl (C=O) groups is 2. The normalized spacial score (nSPS) is 22.4. The van der Waals surface area contributed by atoms with E-state index in [1.165, 1.54) is 40.9 Å². The molecule has 0 saturated carbocycles. The number of amides is 1. The lowest BCUT2D eigenvalue weighted by atomic mass is 9.79. The predicted molar refractivity (Wildman–Crippen MR) is 124 cm³/mol. The Morgan fingerprint density at radius 2 is 2.06 bits per heavy atom. The monoisotopic (exact) mass is 486 g/mol. The molecule has 2 aromatic rings. The van der Waals surface area contributed by atoms with Gasteiger partial charge in [-0.05, 0) is 24.6 Å². The van der Waals surface area contributed by atoms with E-state index in [2.05, 4.69) is 4.98 Å². The highest BCUT2D eigenvalue weighted by Crippen LogP contribution is 2.50. The summed E-state index contributed by atoms with van der Waals surface area (Å²) >= 11 is 1.50. The Morgan fingerprint density at radius 3 is 2.65 bits per heavy atom. The van der Waals surface area contributed by atoms with E-state index in [0.29, 0.717) is 17.7 Å². The number of thioether (sulfide) groups is 1. The van der Waals surface area contributed by atoms with Crippen LogP contribution in [0.25, 0.3) is 0 Å². The van der Waals surface area contributed by atoms with Gasteiger partial charge in [-0.1, -0.05) is 6.92 Å². The highest BCUT2D eigenvalue weighted by molar-refractivity contribution is 8.03. The van der Waals surface area contributed by atoms with Crippen molar-refractivity contribution in [2.75, 3.05) is 5.75 Å². The minimum absolute atomic E-state index is 0.0491. The lowest BCUT2D eigenvalue weighted by Crippen LogP contribution is -2.63. The summed E-state index contributed by atoms with van der Waals surface area (Å²) in [6.07, 6.45) is 3.48. The number of hydrogen-bond donors (Lipinski definition) is 1. The standard InChI is InChI=1S/C23H26N4O6S/c1-13-19-18(14(2)28)22(29)26(19)20(21(13)34-11-8-17-24-9-10-25(17)3)23(30)33-12-15-4-6-16(7-5-15)27(31)32/h4-7,9-10,13-14,18-19,28H,8,11-12H2,1-3H3/t13-,14-,18-,19-/m1/s1. The topological polar surface area (TPSA) is 128 Å². The number of nitro groups is 1. The number of aliphatic hydroxyl groups is 1. The van der Waals surface area contributed by atoms with Crippen LogP contribution in [-0.2, 0) is 34.4 Å². The fraction of sp³-hybridized carbons (Fsp3) is 0.435. The second-order valence-corrected chi connectivity index (χ2v) is 9.66. The van der Waals surface area contributed by atoms with E-state index in [4.69, 9.17) is 4.74 Å². The van der Waals surface area contributed by atoms with E-state index in [1.807, 2.05) is 24.7 Å². The second-order valence-electron chi connectivity index (χ2n) is 8.52. The smallest absolute Gasteiger partial charge is 0.356 e. The van der Waals surface area contributed by atoms with E-state index in [9.17, 15) is 24.8 Å². The molecule has 1 aromatic heterocycles. The summed E-state index contributed by atoms with van der Waals surface area (Å²) in [5.41, 5.74) is 0.779. The van der Waals surface area contributed by atoms with Gasteiger partial charge in [-0.25, -0.2) is 9.78 Å². The van der Waals surface area contributed by atoms with Gasteiger partial charge in [0.05, 0.1) is 23.0 Å². The molecule has 10 nitrogen and oxygen atoms in total. The molecule has 0 unspecified atom stereocenters. The largest absolute Gasteiger partial charge is 0.456 e. The van der Waals surface area contributed by atoms with Crippen LogP contribution in [-0.4, -0.2) is 54.3 Å². The number of fused-ring (bicyclic) bond motifs is 1. The van der Waals surface area contributed by atoms with Gasteiger partial charge >= 0.3 is 5.97 Å². The highest BCUT2D eigenvalue weighted by Gasteiger charge is 2.60. The SMILES string of the molecule is C[C@@H](O)[C@H]1C(=O)N2C(C(=O)OCc3ccc([N+](=O)[O-])cc3)=C(SCCc3nccn3C)[C@H](C)[C@H]12. The highest BCUT2D eigenvalue weighted by atomic mass is 32.2. The maximum absolute atomic E-state index is 13.1. The van der Waals surface area contributed by atoms with E-state index in [1.54, 1.807) is 13.1 Å². The Balaban J connectivity index is 1.51. The van der Waals surface area contributed by atoms with Crippen LogP contribution in [0.5, 0.6) is 0 Å². The molecule has 0 radical (unpaired) electrons. The van der Waals surface area contributed by atoms with Crippen molar-refractivity contribution in [1.82, 2.24) is 14.5 Å². The van der Waals surface area contributed by atoms with Crippen molar-refractivity contribution in [2.45, 2.75) is 39.0 Å². The van der Waals surface area contributed by atoms with Gasteiger partial charge in [0, 0.05) is 54.6 Å². The number of nitrogens with zero attached hydrogens (tertiary/aromatic N) is 4. The average molecular weight is 487 g/mol. The van der Waals surface area contributed by atoms with Crippen molar-refractivity contribution in [3.63, 3.8) is 0 Å². The number of benzene rings is 1. The number of aromatic nitrogens is 2. The predicted octanol–water partition coefficient (Wildman–Crippen LogP) is 2.42. The quantitative estimate of drug-likeness (QED) is 0.248. The van der Waals surface area contributed by atoms with Crippen LogP contribution in [0, 0.1) is 22.0 Å². The zero-order chi connectivity index (χ0) is 24.6. The number of nitro benzene ring substituents is 1. The number of rotatable bonds is 9. The molecule has 0 spiro atoms. The third kappa shape index (κ3) is 4.32. The summed E-state index contributed by atoms with van der Waals surface area (Å²) in [4.78, 5) is 42.8. The molecular weight excluding hydrogens is 460 g/mol.